The molecule has 3 nitrogen and oxygen atoms in total. The Morgan fingerprint density at radius 1 is 1.18 bits per heavy atom. The smallest absolute Gasteiger partial charge is 0.348 e. The molecule has 22 heavy (non-hydrogen) atoms. The largest absolute Gasteiger partial charge is 0.490 e. The van der Waals surface area contributed by atoms with Crippen LogP contribution in [0.25, 0.3) is 5.57 Å². The van der Waals surface area contributed by atoms with Gasteiger partial charge in [-0.05, 0) is 42.7 Å². The van der Waals surface area contributed by atoms with Crippen molar-refractivity contribution in [3.8, 4) is 5.75 Å². The molecule has 2 aromatic rings. The van der Waals surface area contributed by atoms with Crippen molar-refractivity contribution in [3.05, 3.63) is 58.3 Å². The normalized spacial score (nSPS) is 17.7. The van der Waals surface area contributed by atoms with E-state index in [1.165, 1.54) is 24.0 Å². The molecular weight excluding hydrogens is 296 g/mol. The first-order chi connectivity index (χ1) is 10.8. The molecule has 0 aliphatic heterocycles. The maximum Gasteiger partial charge on any atom is 0.348 e. The van der Waals surface area contributed by atoms with Crippen molar-refractivity contribution in [1.82, 2.24) is 0 Å². The topological polar surface area (TPSA) is 35.5 Å². The van der Waals surface area contributed by atoms with E-state index in [2.05, 4.69) is 6.08 Å². The van der Waals surface area contributed by atoms with E-state index < -0.39 is 0 Å². The Labute approximate surface area is 134 Å². The van der Waals surface area contributed by atoms with Gasteiger partial charge in [-0.15, -0.1) is 11.3 Å². The number of hydrogen-bond donors (Lipinski definition) is 0. The average molecular weight is 314 g/mol. The minimum absolute atomic E-state index is 0.228. The zero-order valence-corrected chi connectivity index (χ0v) is 13.3. The van der Waals surface area contributed by atoms with E-state index >= 15 is 0 Å². The molecule has 1 aromatic heterocycles. The summed E-state index contributed by atoms with van der Waals surface area (Å²) in [6.07, 6.45) is 5.32. The van der Waals surface area contributed by atoms with Crippen LogP contribution in [-0.4, -0.2) is 19.2 Å². The SMILES string of the molecule is COC(=O)c1ccc(C2=CCC(Oc3ccccc3)CC2)s1. The molecular formula is C18H18O3S. The molecule has 1 aliphatic carbocycles. The van der Waals surface area contributed by atoms with Crippen molar-refractivity contribution in [2.75, 3.05) is 7.11 Å². The minimum atomic E-state index is -0.266. The number of allylic oxidation sites excluding steroid dienone is 1. The number of hydrogen-bond acceptors (Lipinski definition) is 4. The van der Waals surface area contributed by atoms with Crippen LogP contribution in [0.15, 0.2) is 48.5 Å². The monoisotopic (exact) mass is 314 g/mol. The van der Waals surface area contributed by atoms with E-state index in [1.807, 2.05) is 42.5 Å². The number of benzene rings is 1. The van der Waals surface area contributed by atoms with Gasteiger partial charge in [0.25, 0.3) is 0 Å². The Morgan fingerprint density at radius 2 is 2.00 bits per heavy atom. The van der Waals surface area contributed by atoms with Crippen LogP contribution in [0.5, 0.6) is 5.75 Å². The third-order valence-electron chi connectivity index (χ3n) is 3.72. The number of ether oxygens (including phenoxy) is 2. The van der Waals surface area contributed by atoms with E-state index in [9.17, 15) is 4.79 Å². The van der Waals surface area contributed by atoms with Gasteiger partial charge in [0.1, 0.15) is 16.7 Å². The summed E-state index contributed by atoms with van der Waals surface area (Å²) in [5, 5.41) is 0. The molecule has 1 atom stereocenters. The lowest BCUT2D eigenvalue weighted by Crippen LogP contribution is -2.18. The Hall–Kier alpha value is -2.07. The van der Waals surface area contributed by atoms with Crippen LogP contribution in [-0.2, 0) is 4.74 Å². The van der Waals surface area contributed by atoms with Crippen molar-refractivity contribution in [1.29, 1.82) is 0 Å². The van der Waals surface area contributed by atoms with Gasteiger partial charge in [0.05, 0.1) is 7.11 Å². The standard InChI is InChI=1S/C18H18O3S/c1-20-18(19)17-12-11-16(22-17)13-7-9-15(10-8-13)21-14-5-3-2-4-6-14/h2-7,11-12,15H,8-10H2,1H3. The molecule has 0 bridgehead atoms. The van der Waals surface area contributed by atoms with Gasteiger partial charge >= 0.3 is 5.97 Å². The summed E-state index contributed by atoms with van der Waals surface area (Å²) in [5.74, 6) is 0.659. The van der Waals surface area contributed by atoms with Crippen molar-refractivity contribution in [2.45, 2.75) is 25.4 Å². The molecule has 0 N–H and O–H groups in total. The zero-order valence-electron chi connectivity index (χ0n) is 12.5. The Morgan fingerprint density at radius 3 is 2.68 bits per heavy atom. The second-order valence-corrected chi connectivity index (χ2v) is 6.30. The second kappa shape index (κ2) is 6.79. The first kappa shape index (κ1) is 14.9. The van der Waals surface area contributed by atoms with Crippen LogP contribution < -0.4 is 4.74 Å². The lowest BCUT2D eigenvalue weighted by Gasteiger charge is -2.22. The zero-order chi connectivity index (χ0) is 15.4. The molecule has 1 unspecified atom stereocenters. The van der Waals surface area contributed by atoms with Gasteiger partial charge in [-0.3, -0.25) is 0 Å². The molecule has 3 rings (SSSR count). The summed E-state index contributed by atoms with van der Waals surface area (Å²) in [5.41, 5.74) is 1.30. The van der Waals surface area contributed by atoms with E-state index in [1.54, 1.807) is 0 Å². The number of esters is 1. The van der Waals surface area contributed by atoms with Gasteiger partial charge in [-0.2, -0.15) is 0 Å². The summed E-state index contributed by atoms with van der Waals surface area (Å²) in [6.45, 7) is 0. The highest BCUT2D eigenvalue weighted by Crippen LogP contribution is 2.33. The number of para-hydroxylation sites is 1. The lowest BCUT2D eigenvalue weighted by molar-refractivity contribution is 0.0606. The molecule has 1 aliphatic rings. The Bertz CT molecular complexity index is 673. The fourth-order valence-electron chi connectivity index (χ4n) is 2.55. The van der Waals surface area contributed by atoms with E-state index in [0.717, 1.165) is 29.9 Å². The third-order valence-corrected chi connectivity index (χ3v) is 4.86. The summed E-state index contributed by atoms with van der Waals surface area (Å²) >= 11 is 1.49. The van der Waals surface area contributed by atoms with Crippen LogP contribution >= 0.6 is 11.3 Å². The number of thiophene rings is 1. The van der Waals surface area contributed by atoms with Crippen molar-refractivity contribution in [2.24, 2.45) is 0 Å². The van der Waals surface area contributed by atoms with Crippen LogP contribution in [0, 0.1) is 0 Å². The lowest BCUT2D eigenvalue weighted by atomic mass is 9.96. The second-order valence-electron chi connectivity index (χ2n) is 5.21. The Kier molecular flexibility index (Phi) is 4.59. The van der Waals surface area contributed by atoms with Gasteiger partial charge < -0.3 is 9.47 Å². The molecule has 114 valence electrons. The van der Waals surface area contributed by atoms with Crippen LogP contribution in [0.2, 0.25) is 0 Å². The van der Waals surface area contributed by atoms with Gasteiger partial charge in [-0.1, -0.05) is 24.3 Å². The van der Waals surface area contributed by atoms with E-state index in [4.69, 9.17) is 9.47 Å². The summed E-state index contributed by atoms with van der Waals surface area (Å²) in [7, 11) is 1.41. The summed E-state index contributed by atoms with van der Waals surface area (Å²) in [4.78, 5) is 13.3. The number of methoxy groups -OCH3 is 1. The molecule has 0 fully saturated rings. The molecule has 0 saturated carbocycles. The average Bonchev–Trinajstić information content (AvgIpc) is 3.06. The predicted octanol–water partition coefficient (Wildman–Crippen LogP) is 4.55. The van der Waals surface area contributed by atoms with E-state index in [0.29, 0.717) is 4.88 Å². The molecule has 1 heterocycles. The molecule has 1 aromatic carbocycles. The van der Waals surface area contributed by atoms with Crippen molar-refractivity contribution >= 4 is 22.9 Å². The van der Waals surface area contributed by atoms with Crippen molar-refractivity contribution < 1.29 is 14.3 Å². The fraction of sp³-hybridized carbons (Fsp3) is 0.278. The quantitative estimate of drug-likeness (QED) is 0.777. The minimum Gasteiger partial charge on any atom is -0.490 e. The van der Waals surface area contributed by atoms with Gasteiger partial charge in [0.15, 0.2) is 0 Å². The van der Waals surface area contributed by atoms with E-state index in [-0.39, 0.29) is 12.1 Å². The van der Waals surface area contributed by atoms with Crippen LogP contribution in [0.1, 0.15) is 33.8 Å². The number of carbonyl (C=O) groups is 1. The Balaban J connectivity index is 1.63. The molecule has 0 radical (unpaired) electrons. The maximum atomic E-state index is 11.5. The van der Waals surface area contributed by atoms with Gasteiger partial charge in [0, 0.05) is 11.3 Å². The molecule has 0 amide bonds. The first-order valence-corrected chi connectivity index (χ1v) is 8.17. The van der Waals surface area contributed by atoms with Crippen LogP contribution in [0.4, 0.5) is 0 Å². The third kappa shape index (κ3) is 3.39. The number of rotatable bonds is 4. The van der Waals surface area contributed by atoms with Gasteiger partial charge in [0.2, 0.25) is 0 Å². The summed E-state index contributed by atoms with van der Waals surface area (Å²) < 4.78 is 10.7. The van der Waals surface area contributed by atoms with Crippen molar-refractivity contribution in [3.63, 3.8) is 0 Å². The molecule has 0 spiro atoms. The highest BCUT2D eigenvalue weighted by Gasteiger charge is 2.19. The highest BCUT2D eigenvalue weighted by molar-refractivity contribution is 7.15. The van der Waals surface area contributed by atoms with Crippen LogP contribution in [0.3, 0.4) is 0 Å². The highest BCUT2D eigenvalue weighted by atomic mass is 32.1. The predicted molar refractivity (Wildman–Crippen MR) is 88.3 cm³/mol. The molecule has 0 saturated heterocycles. The summed E-state index contributed by atoms with van der Waals surface area (Å²) in [6, 6.07) is 13.8. The first-order valence-electron chi connectivity index (χ1n) is 7.35. The number of carbonyl (C=O) groups excluding carboxylic acids is 1. The van der Waals surface area contributed by atoms with Gasteiger partial charge in [-0.25, -0.2) is 4.79 Å². The maximum absolute atomic E-state index is 11.5. The molecule has 4 heteroatoms. The fourth-order valence-corrected chi connectivity index (χ4v) is 3.55.